The first kappa shape index (κ1) is 13.5. The van der Waals surface area contributed by atoms with Crippen LogP contribution in [0.3, 0.4) is 0 Å². The number of aromatic nitrogens is 3. The summed E-state index contributed by atoms with van der Waals surface area (Å²) in [5, 5.41) is 10.0. The summed E-state index contributed by atoms with van der Waals surface area (Å²) in [6.45, 7) is 1.73. The number of halogens is 1. The van der Waals surface area contributed by atoms with Crippen LogP contribution in [0.4, 0.5) is 16.0 Å². The Hall–Kier alpha value is -2.44. The first-order chi connectivity index (χ1) is 10.1. The summed E-state index contributed by atoms with van der Waals surface area (Å²) in [6, 6.07) is 4.55. The summed E-state index contributed by atoms with van der Waals surface area (Å²) in [5.74, 6) is -0.454. The van der Waals surface area contributed by atoms with Gasteiger partial charge in [-0.3, -0.25) is 10.1 Å². The standard InChI is InChI=1S/C14H16FN5O/c1-19-9-16-18-14(19)17-13(21)10-4-5-12(11(15)8-10)20-6-2-3-7-20/h4-5,8-9H,2-3,6-7H2,1H3,(H,17,18,21). The van der Waals surface area contributed by atoms with Crippen molar-refractivity contribution in [1.82, 2.24) is 14.8 Å². The van der Waals surface area contributed by atoms with Gasteiger partial charge in [-0.2, -0.15) is 0 Å². The molecule has 1 aliphatic rings. The van der Waals surface area contributed by atoms with Crippen molar-refractivity contribution in [2.75, 3.05) is 23.3 Å². The fourth-order valence-electron chi connectivity index (χ4n) is 2.43. The van der Waals surface area contributed by atoms with Crippen LogP contribution in [-0.4, -0.2) is 33.8 Å². The Balaban J connectivity index is 1.78. The van der Waals surface area contributed by atoms with Crippen molar-refractivity contribution >= 4 is 17.5 Å². The van der Waals surface area contributed by atoms with Crippen LogP contribution in [0, 0.1) is 5.82 Å². The van der Waals surface area contributed by atoms with Gasteiger partial charge in [-0.05, 0) is 31.0 Å². The highest BCUT2D eigenvalue weighted by Crippen LogP contribution is 2.24. The van der Waals surface area contributed by atoms with Crippen LogP contribution in [0.15, 0.2) is 24.5 Å². The molecular weight excluding hydrogens is 273 g/mol. The largest absolute Gasteiger partial charge is 0.369 e. The summed E-state index contributed by atoms with van der Waals surface area (Å²) < 4.78 is 15.7. The minimum Gasteiger partial charge on any atom is -0.369 e. The molecule has 0 unspecified atom stereocenters. The minimum absolute atomic E-state index is 0.262. The van der Waals surface area contributed by atoms with E-state index in [1.807, 2.05) is 4.90 Å². The second kappa shape index (κ2) is 5.51. The highest BCUT2D eigenvalue weighted by Gasteiger charge is 2.18. The predicted octanol–water partition coefficient (Wildman–Crippen LogP) is 1.81. The summed E-state index contributed by atoms with van der Waals surface area (Å²) in [5.41, 5.74) is 0.821. The van der Waals surface area contributed by atoms with E-state index < -0.39 is 5.91 Å². The van der Waals surface area contributed by atoms with Gasteiger partial charge in [0.2, 0.25) is 5.95 Å². The topological polar surface area (TPSA) is 63.1 Å². The average Bonchev–Trinajstić information content (AvgIpc) is 3.11. The molecule has 7 heteroatoms. The van der Waals surface area contributed by atoms with Crippen molar-refractivity contribution in [3.05, 3.63) is 35.9 Å². The van der Waals surface area contributed by atoms with E-state index >= 15 is 0 Å². The van der Waals surface area contributed by atoms with Crippen LogP contribution in [0.2, 0.25) is 0 Å². The molecule has 0 bridgehead atoms. The number of amides is 1. The number of benzene rings is 1. The number of carbonyl (C=O) groups is 1. The lowest BCUT2D eigenvalue weighted by Crippen LogP contribution is -2.20. The second-order valence-corrected chi connectivity index (χ2v) is 5.08. The van der Waals surface area contributed by atoms with E-state index in [1.54, 1.807) is 23.7 Å². The van der Waals surface area contributed by atoms with Crippen molar-refractivity contribution in [3.8, 4) is 0 Å². The molecule has 6 nitrogen and oxygen atoms in total. The quantitative estimate of drug-likeness (QED) is 0.936. The number of nitrogens with zero attached hydrogens (tertiary/aromatic N) is 4. The normalized spacial score (nSPS) is 14.5. The van der Waals surface area contributed by atoms with Gasteiger partial charge >= 0.3 is 0 Å². The summed E-state index contributed by atoms with van der Waals surface area (Å²) in [4.78, 5) is 14.1. The Labute approximate surface area is 121 Å². The Kier molecular flexibility index (Phi) is 3.55. The van der Waals surface area contributed by atoms with E-state index in [2.05, 4.69) is 15.5 Å². The van der Waals surface area contributed by atoms with E-state index in [9.17, 15) is 9.18 Å². The number of hydrogen-bond donors (Lipinski definition) is 1. The SMILES string of the molecule is Cn1cnnc1NC(=O)c1ccc(N2CCCC2)c(F)c1. The lowest BCUT2D eigenvalue weighted by Gasteiger charge is -2.18. The molecule has 1 aromatic heterocycles. The zero-order chi connectivity index (χ0) is 14.8. The Morgan fingerprint density at radius 1 is 1.33 bits per heavy atom. The summed E-state index contributed by atoms with van der Waals surface area (Å²) >= 11 is 0. The summed E-state index contributed by atoms with van der Waals surface area (Å²) in [7, 11) is 1.71. The van der Waals surface area contributed by atoms with Crippen LogP contribution >= 0.6 is 0 Å². The predicted molar refractivity (Wildman–Crippen MR) is 76.8 cm³/mol. The molecular formula is C14H16FN5O. The van der Waals surface area contributed by atoms with E-state index in [-0.39, 0.29) is 11.4 Å². The molecule has 1 N–H and O–H groups in total. The van der Waals surface area contributed by atoms with Gasteiger partial charge in [-0.25, -0.2) is 4.39 Å². The van der Waals surface area contributed by atoms with Crippen molar-refractivity contribution in [3.63, 3.8) is 0 Å². The average molecular weight is 289 g/mol. The van der Waals surface area contributed by atoms with Crippen LogP contribution in [0.5, 0.6) is 0 Å². The first-order valence-electron chi connectivity index (χ1n) is 6.85. The molecule has 0 atom stereocenters. The molecule has 1 amide bonds. The van der Waals surface area contributed by atoms with E-state index in [4.69, 9.17) is 0 Å². The first-order valence-corrected chi connectivity index (χ1v) is 6.85. The summed E-state index contributed by atoms with van der Waals surface area (Å²) in [6.07, 6.45) is 3.63. The Morgan fingerprint density at radius 2 is 2.10 bits per heavy atom. The number of nitrogens with one attached hydrogen (secondary N) is 1. The van der Waals surface area contributed by atoms with Crippen molar-refractivity contribution in [1.29, 1.82) is 0 Å². The number of rotatable bonds is 3. The van der Waals surface area contributed by atoms with Gasteiger partial charge in [0.1, 0.15) is 12.1 Å². The molecule has 21 heavy (non-hydrogen) atoms. The van der Waals surface area contributed by atoms with Crippen molar-refractivity contribution in [2.24, 2.45) is 7.05 Å². The van der Waals surface area contributed by atoms with Gasteiger partial charge in [-0.1, -0.05) is 0 Å². The van der Waals surface area contributed by atoms with Crippen LogP contribution < -0.4 is 10.2 Å². The lowest BCUT2D eigenvalue weighted by atomic mass is 10.1. The van der Waals surface area contributed by atoms with Crippen molar-refractivity contribution in [2.45, 2.75) is 12.8 Å². The molecule has 1 saturated heterocycles. The van der Waals surface area contributed by atoms with Gasteiger partial charge in [0.15, 0.2) is 0 Å². The fraction of sp³-hybridized carbons (Fsp3) is 0.357. The maximum Gasteiger partial charge on any atom is 0.258 e. The maximum atomic E-state index is 14.2. The Morgan fingerprint density at radius 3 is 2.71 bits per heavy atom. The zero-order valence-corrected chi connectivity index (χ0v) is 11.7. The highest BCUT2D eigenvalue weighted by molar-refractivity contribution is 6.03. The third kappa shape index (κ3) is 2.72. The van der Waals surface area contributed by atoms with Crippen LogP contribution in [0.25, 0.3) is 0 Å². The minimum atomic E-state index is -0.405. The molecule has 110 valence electrons. The molecule has 0 saturated carbocycles. The number of carbonyl (C=O) groups excluding carboxylic acids is 1. The van der Waals surface area contributed by atoms with E-state index in [1.165, 1.54) is 12.4 Å². The molecule has 1 fully saturated rings. The van der Waals surface area contributed by atoms with Crippen molar-refractivity contribution < 1.29 is 9.18 Å². The smallest absolute Gasteiger partial charge is 0.258 e. The monoisotopic (exact) mass is 289 g/mol. The molecule has 2 aromatic rings. The number of aryl methyl sites for hydroxylation is 1. The van der Waals surface area contributed by atoms with Gasteiger partial charge in [0.05, 0.1) is 5.69 Å². The molecule has 2 heterocycles. The van der Waals surface area contributed by atoms with Crippen LogP contribution in [-0.2, 0) is 7.05 Å². The molecule has 0 aliphatic carbocycles. The molecule has 0 spiro atoms. The third-order valence-electron chi connectivity index (χ3n) is 3.59. The zero-order valence-electron chi connectivity index (χ0n) is 11.7. The van der Waals surface area contributed by atoms with Gasteiger partial charge in [0, 0.05) is 25.7 Å². The molecule has 0 radical (unpaired) electrons. The molecule has 1 aliphatic heterocycles. The fourth-order valence-corrected chi connectivity index (χ4v) is 2.43. The number of anilines is 2. The van der Waals surface area contributed by atoms with Crippen LogP contribution in [0.1, 0.15) is 23.2 Å². The highest BCUT2D eigenvalue weighted by atomic mass is 19.1. The van der Waals surface area contributed by atoms with Gasteiger partial charge in [-0.15, -0.1) is 10.2 Å². The molecule has 3 rings (SSSR count). The third-order valence-corrected chi connectivity index (χ3v) is 3.59. The molecule has 1 aromatic carbocycles. The lowest BCUT2D eigenvalue weighted by molar-refractivity contribution is 0.102. The van der Waals surface area contributed by atoms with Gasteiger partial charge < -0.3 is 9.47 Å². The van der Waals surface area contributed by atoms with E-state index in [0.717, 1.165) is 25.9 Å². The number of hydrogen-bond acceptors (Lipinski definition) is 4. The Bertz CT molecular complexity index is 663. The van der Waals surface area contributed by atoms with Gasteiger partial charge in [0.25, 0.3) is 5.91 Å². The maximum absolute atomic E-state index is 14.2. The van der Waals surface area contributed by atoms with E-state index in [0.29, 0.717) is 11.6 Å². The second-order valence-electron chi connectivity index (χ2n) is 5.08.